The van der Waals surface area contributed by atoms with Crippen LogP contribution in [0, 0.1) is 0 Å². The van der Waals surface area contributed by atoms with Gasteiger partial charge in [0, 0.05) is 26.1 Å². The molecule has 0 aliphatic carbocycles. The van der Waals surface area contributed by atoms with Crippen LogP contribution in [0.25, 0.3) is 0 Å². The Bertz CT molecular complexity index is 168. The highest BCUT2D eigenvalue weighted by atomic mass is 32.1. The van der Waals surface area contributed by atoms with Gasteiger partial charge < -0.3 is 19.9 Å². The van der Waals surface area contributed by atoms with Crippen molar-refractivity contribution in [2.24, 2.45) is 5.73 Å². The summed E-state index contributed by atoms with van der Waals surface area (Å²) in [6.45, 7) is 1.89. The first-order valence-corrected chi connectivity index (χ1v) is 5.45. The lowest BCUT2D eigenvalue weighted by atomic mass is 10.4. The van der Waals surface area contributed by atoms with Crippen molar-refractivity contribution in [2.45, 2.75) is 12.5 Å². The number of ether oxygens (including phenoxy) is 3. The first-order valence-electron chi connectivity index (χ1n) is 4.82. The minimum Gasteiger partial charge on any atom is -0.462 e. The fourth-order valence-electron chi connectivity index (χ4n) is 0.790. The highest BCUT2D eigenvalue weighted by molar-refractivity contribution is 7.80. The first-order chi connectivity index (χ1) is 7.22. The highest BCUT2D eigenvalue weighted by Gasteiger charge is 2.11. The van der Waals surface area contributed by atoms with Crippen LogP contribution in [0.2, 0.25) is 0 Å². The predicted molar refractivity (Wildman–Crippen MR) is 60.1 cm³/mol. The van der Waals surface area contributed by atoms with Crippen LogP contribution in [-0.4, -0.2) is 51.3 Å². The molecular formula is C9H19NO4S. The Morgan fingerprint density at radius 2 is 2.07 bits per heavy atom. The fourth-order valence-corrected chi connectivity index (χ4v) is 0.939. The van der Waals surface area contributed by atoms with Crippen LogP contribution in [0.3, 0.4) is 0 Å². The molecule has 0 aliphatic rings. The number of thiol groups is 1. The van der Waals surface area contributed by atoms with E-state index in [-0.39, 0.29) is 12.4 Å². The Balaban J connectivity index is 3.20. The maximum atomic E-state index is 11.0. The third-order valence-electron chi connectivity index (χ3n) is 1.61. The van der Waals surface area contributed by atoms with Gasteiger partial charge in [0.15, 0.2) is 0 Å². The molecule has 6 heteroatoms. The zero-order chi connectivity index (χ0) is 11.5. The SMILES string of the molecule is COCCCOCCOC(=O)[C@@H](N)CS. The summed E-state index contributed by atoms with van der Waals surface area (Å²) in [5, 5.41) is 0. The van der Waals surface area contributed by atoms with Crippen molar-refractivity contribution in [1.82, 2.24) is 0 Å². The van der Waals surface area contributed by atoms with Gasteiger partial charge in [0.2, 0.25) is 0 Å². The summed E-state index contributed by atoms with van der Waals surface area (Å²) in [6.07, 6.45) is 0.834. The molecule has 0 unspecified atom stereocenters. The van der Waals surface area contributed by atoms with E-state index in [4.69, 9.17) is 19.9 Å². The monoisotopic (exact) mass is 237 g/mol. The van der Waals surface area contributed by atoms with Crippen LogP contribution in [0.4, 0.5) is 0 Å². The molecule has 0 radical (unpaired) electrons. The summed E-state index contributed by atoms with van der Waals surface area (Å²) < 4.78 is 14.9. The van der Waals surface area contributed by atoms with Gasteiger partial charge in [-0.05, 0) is 6.42 Å². The number of carbonyl (C=O) groups excluding carboxylic acids is 1. The average Bonchev–Trinajstić information content (AvgIpc) is 2.26. The van der Waals surface area contributed by atoms with Crippen LogP contribution in [-0.2, 0) is 19.0 Å². The standard InChI is InChI=1S/C9H19NO4S/c1-12-3-2-4-13-5-6-14-9(11)8(10)7-15/h8,15H,2-7,10H2,1H3/t8-/m0/s1. The summed E-state index contributed by atoms with van der Waals surface area (Å²) in [5.74, 6) is -0.154. The van der Waals surface area contributed by atoms with E-state index in [9.17, 15) is 4.79 Å². The van der Waals surface area contributed by atoms with Crippen molar-refractivity contribution in [1.29, 1.82) is 0 Å². The Morgan fingerprint density at radius 1 is 1.33 bits per heavy atom. The molecule has 0 heterocycles. The van der Waals surface area contributed by atoms with Crippen LogP contribution >= 0.6 is 12.6 Å². The Kier molecular flexibility index (Phi) is 10.0. The molecule has 90 valence electrons. The number of rotatable bonds is 9. The molecule has 0 fully saturated rings. The smallest absolute Gasteiger partial charge is 0.323 e. The number of carbonyl (C=O) groups is 1. The average molecular weight is 237 g/mol. The second kappa shape index (κ2) is 10.2. The van der Waals surface area contributed by atoms with E-state index in [0.29, 0.717) is 19.8 Å². The van der Waals surface area contributed by atoms with Crippen molar-refractivity contribution in [2.75, 3.05) is 39.3 Å². The van der Waals surface area contributed by atoms with Gasteiger partial charge in [-0.1, -0.05) is 0 Å². The third kappa shape index (κ3) is 8.68. The summed E-state index contributed by atoms with van der Waals surface area (Å²) in [4.78, 5) is 11.0. The molecule has 2 N–H and O–H groups in total. The Morgan fingerprint density at radius 3 is 2.67 bits per heavy atom. The molecule has 0 aromatic carbocycles. The molecule has 0 rings (SSSR count). The Labute approximate surface area is 95.7 Å². The summed E-state index contributed by atoms with van der Waals surface area (Å²) in [6, 6.07) is -0.651. The van der Waals surface area contributed by atoms with Crippen LogP contribution in [0.1, 0.15) is 6.42 Å². The van der Waals surface area contributed by atoms with Gasteiger partial charge >= 0.3 is 5.97 Å². The van der Waals surface area contributed by atoms with Gasteiger partial charge in [-0.2, -0.15) is 12.6 Å². The normalized spacial score (nSPS) is 12.5. The number of hydrogen-bond acceptors (Lipinski definition) is 6. The first kappa shape index (κ1) is 14.7. The molecule has 0 saturated carbocycles. The number of nitrogens with two attached hydrogens (primary N) is 1. The van der Waals surface area contributed by atoms with Gasteiger partial charge in [0.05, 0.1) is 6.61 Å². The topological polar surface area (TPSA) is 70.8 Å². The van der Waals surface area contributed by atoms with Crippen LogP contribution in [0.5, 0.6) is 0 Å². The lowest BCUT2D eigenvalue weighted by Crippen LogP contribution is -2.34. The van der Waals surface area contributed by atoms with E-state index < -0.39 is 12.0 Å². The molecule has 0 spiro atoms. The van der Waals surface area contributed by atoms with E-state index in [1.807, 2.05) is 0 Å². The van der Waals surface area contributed by atoms with E-state index >= 15 is 0 Å². The zero-order valence-corrected chi connectivity index (χ0v) is 9.87. The highest BCUT2D eigenvalue weighted by Crippen LogP contribution is 1.90. The van der Waals surface area contributed by atoms with E-state index in [0.717, 1.165) is 6.42 Å². The predicted octanol–water partition coefficient (Wildman–Crippen LogP) is -0.160. The van der Waals surface area contributed by atoms with Gasteiger partial charge in [0.25, 0.3) is 0 Å². The summed E-state index contributed by atoms with van der Waals surface area (Å²) in [5.41, 5.74) is 5.39. The Hall–Kier alpha value is -0.300. The maximum absolute atomic E-state index is 11.0. The van der Waals surface area contributed by atoms with Gasteiger partial charge in [0.1, 0.15) is 12.6 Å². The molecule has 0 aliphatic heterocycles. The third-order valence-corrected chi connectivity index (χ3v) is 2.00. The molecule has 0 saturated heterocycles. The number of methoxy groups -OCH3 is 1. The number of hydrogen-bond donors (Lipinski definition) is 2. The molecule has 0 bridgehead atoms. The van der Waals surface area contributed by atoms with Crippen LogP contribution < -0.4 is 5.73 Å². The van der Waals surface area contributed by atoms with Crippen molar-refractivity contribution in [3.63, 3.8) is 0 Å². The second-order valence-corrected chi connectivity index (χ2v) is 3.28. The maximum Gasteiger partial charge on any atom is 0.323 e. The van der Waals surface area contributed by atoms with Gasteiger partial charge in [-0.3, -0.25) is 4.79 Å². The van der Waals surface area contributed by atoms with Gasteiger partial charge in [-0.15, -0.1) is 0 Å². The lowest BCUT2D eigenvalue weighted by molar-refractivity contribution is -0.146. The van der Waals surface area contributed by atoms with E-state index in [1.165, 1.54) is 0 Å². The molecular weight excluding hydrogens is 218 g/mol. The molecule has 0 aromatic rings. The zero-order valence-electron chi connectivity index (χ0n) is 8.98. The number of esters is 1. The quantitative estimate of drug-likeness (QED) is 0.331. The van der Waals surface area contributed by atoms with Crippen LogP contribution in [0.15, 0.2) is 0 Å². The minimum atomic E-state index is -0.651. The van der Waals surface area contributed by atoms with E-state index in [2.05, 4.69) is 12.6 Å². The summed E-state index contributed by atoms with van der Waals surface area (Å²) >= 11 is 3.89. The van der Waals surface area contributed by atoms with Crippen molar-refractivity contribution in [3.8, 4) is 0 Å². The van der Waals surface area contributed by atoms with Crippen molar-refractivity contribution < 1.29 is 19.0 Å². The van der Waals surface area contributed by atoms with Crippen molar-refractivity contribution >= 4 is 18.6 Å². The molecule has 5 nitrogen and oxygen atoms in total. The lowest BCUT2D eigenvalue weighted by Gasteiger charge is -2.09. The second-order valence-electron chi connectivity index (χ2n) is 2.92. The van der Waals surface area contributed by atoms with Crippen molar-refractivity contribution in [3.05, 3.63) is 0 Å². The van der Waals surface area contributed by atoms with Gasteiger partial charge in [-0.25, -0.2) is 0 Å². The largest absolute Gasteiger partial charge is 0.462 e. The minimum absolute atomic E-state index is 0.229. The molecule has 0 aromatic heterocycles. The molecule has 1 atom stereocenters. The molecule has 0 amide bonds. The summed E-state index contributed by atoms with van der Waals surface area (Å²) in [7, 11) is 1.64. The molecule has 15 heavy (non-hydrogen) atoms. The fraction of sp³-hybridized carbons (Fsp3) is 0.889. The van der Waals surface area contributed by atoms with E-state index in [1.54, 1.807) is 7.11 Å².